The summed E-state index contributed by atoms with van der Waals surface area (Å²) in [4.78, 5) is 60.5. The number of amides is 4. The molecule has 2 aliphatic heterocycles. The van der Waals surface area contributed by atoms with Gasteiger partial charge < -0.3 is 9.84 Å². The molecule has 0 aliphatic carbocycles. The lowest BCUT2D eigenvalue weighted by atomic mass is 9.71. The maximum absolute atomic E-state index is 12.6. The molecule has 0 saturated carbocycles. The zero-order chi connectivity index (χ0) is 28.1. The summed E-state index contributed by atoms with van der Waals surface area (Å²) in [5.74, 6) is -0.529. The van der Waals surface area contributed by atoms with E-state index in [9.17, 15) is 24.3 Å². The molecule has 36 heavy (non-hydrogen) atoms. The van der Waals surface area contributed by atoms with Crippen LogP contribution in [0.25, 0.3) is 0 Å². The summed E-state index contributed by atoms with van der Waals surface area (Å²) in [7, 11) is 5.86. The van der Waals surface area contributed by atoms with Gasteiger partial charge in [0.2, 0.25) is 0 Å². The summed E-state index contributed by atoms with van der Waals surface area (Å²) in [5, 5.41) is 11.6. The van der Waals surface area contributed by atoms with Crippen molar-refractivity contribution in [1.29, 1.82) is 0 Å². The van der Waals surface area contributed by atoms with Crippen LogP contribution >= 0.6 is 0 Å². The average Bonchev–Trinajstić information content (AvgIpc) is 3.44. The Bertz CT molecular complexity index is 807. The van der Waals surface area contributed by atoms with Gasteiger partial charge >= 0.3 is 12.2 Å². The quantitative estimate of drug-likeness (QED) is 0.565. The number of carbonyl (C=O) groups is 4. The Morgan fingerprint density at radius 3 is 1.92 bits per heavy atom. The Balaban J connectivity index is 0.000000360. The lowest BCUT2D eigenvalue weighted by Crippen LogP contribution is -2.63. The van der Waals surface area contributed by atoms with Crippen LogP contribution in [0.4, 0.5) is 9.59 Å². The molecule has 12 nitrogen and oxygen atoms in total. The number of rotatable bonds is 4. The maximum atomic E-state index is 12.6. The molecule has 2 saturated heterocycles. The fourth-order valence-corrected chi connectivity index (χ4v) is 4.61. The molecule has 0 aromatic heterocycles. The van der Waals surface area contributed by atoms with E-state index in [4.69, 9.17) is 14.4 Å². The Hall–Kier alpha value is -2.60. The predicted molar refractivity (Wildman–Crippen MR) is 132 cm³/mol. The van der Waals surface area contributed by atoms with Gasteiger partial charge in [0.1, 0.15) is 17.2 Å². The van der Waals surface area contributed by atoms with E-state index in [-0.39, 0.29) is 11.8 Å². The summed E-state index contributed by atoms with van der Waals surface area (Å²) >= 11 is 0. The van der Waals surface area contributed by atoms with Gasteiger partial charge in [0.25, 0.3) is 11.8 Å². The van der Waals surface area contributed by atoms with Crippen LogP contribution in [0.3, 0.4) is 0 Å². The van der Waals surface area contributed by atoms with Crippen LogP contribution in [-0.2, 0) is 24.0 Å². The molecule has 2 unspecified atom stereocenters. The second-order valence-corrected chi connectivity index (χ2v) is 11.0. The van der Waals surface area contributed by atoms with Gasteiger partial charge in [0.15, 0.2) is 0 Å². The number of hydrogen-bond acceptors (Lipinski definition) is 7. The normalized spacial score (nSPS) is 22.0. The van der Waals surface area contributed by atoms with Crippen molar-refractivity contribution in [1.82, 2.24) is 19.9 Å². The zero-order valence-corrected chi connectivity index (χ0v) is 23.4. The van der Waals surface area contributed by atoms with Crippen molar-refractivity contribution in [3.63, 3.8) is 0 Å². The Kier molecular flexibility index (Phi) is 10.6. The van der Waals surface area contributed by atoms with Crippen LogP contribution in [0.2, 0.25) is 0 Å². The van der Waals surface area contributed by atoms with Crippen molar-refractivity contribution in [3.05, 3.63) is 0 Å². The third kappa shape index (κ3) is 7.00. The third-order valence-electron chi connectivity index (χ3n) is 6.52. The van der Waals surface area contributed by atoms with Crippen LogP contribution in [-0.4, -0.2) is 108 Å². The van der Waals surface area contributed by atoms with Crippen molar-refractivity contribution in [2.45, 2.75) is 84.4 Å². The monoisotopic (exact) mass is 516 g/mol. The summed E-state index contributed by atoms with van der Waals surface area (Å²) in [5.41, 5.74) is -2.10. The fraction of sp³-hybridized carbons (Fsp3) is 0.833. The molecule has 0 spiro atoms. The minimum atomic E-state index is -1.06. The molecule has 2 atom stereocenters. The molecular weight excluding hydrogens is 472 g/mol. The first-order chi connectivity index (χ1) is 16.4. The first kappa shape index (κ1) is 31.4. The van der Waals surface area contributed by atoms with Gasteiger partial charge in [-0.25, -0.2) is 19.7 Å². The number of hydroxylamine groups is 4. The highest BCUT2D eigenvalue weighted by Crippen LogP contribution is 2.45. The van der Waals surface area contributed by atoms with E-state index >= 15 is 0 Å². The van der Waals surface area contributed by atoms with Gasteiger partial charge in [0, 0.05) is 27.2 Å². The first-order valence-electron chi connectivity index (χ1n) is 12.1. The lowest BCUT2D eigenvalue weighted by Gasteiger charge is -2.46. The molecule has 0 aromatic carbocycles. The maximum Gasteiger partial charge on any atom is 0.410 e. The average molecular weight is 517 g/mol. The van der Waals surface area contributed by atoms with Gasteiger partial charge in [-0.1, -0.05) is 20.8 Å². The van der Waals surface area contributed by atoms with Gasteiger partial charge in [-0.2, -0.15) is 0 Å². The molecule has 0 radical (unpaired) electrons. The van der Waals surface area contributed by atoms with Crippen molar-refractivity contribution in [2.75, 3.05) is 41.4 Å². The summed E-state index contributed by atoms with van der Waals surface area (Å²) in [6.45, 7) is 12.0. The molecular formula is C24H44N4O8. The molecule has 0 aromatic rings. The standard InChI is InChI=1S/2C12H22N2O4/c1-11(2,3)12(9(15)13(4)18-5)7-6-8-14(12)10(16)17;1-12(2,3)18-11(16)14-8-6-7-9(14)10(15)13(4)17-5/h6-8H2,1-5H3,(H,16,17);9H,6-8H2,1-5H3. The van der Waals surface area contributed by atoms with Gasteiger partial charge in [-0.05, 0) is 51.9 Å². The zero-order valence-electron chi connectivity index (χ0n) is 23.4. The Morgan fingerprint density at radius 2 is 1.47 bits per heavy atom. The summed E-state index contributed by atoms with van der Waals surface area (Å²) in [6.07, 6.45) is 1.16. The van der Waals surface area contributed by atoms with Crippen LogP contribution in [0.5, 0.6) is 0 Å². The van der Waals surface area contributed by atoms with Gasteiger partial charge in [0.05, 0.1) is 14.2 Å². The van der Waals surface area contributed by atoms with Crippen molar-refractivity contribution >= 4 is 24.0 Å². The molecule has 208 valence electrons. The van der Waals surface area contributed by atoms with E-state index in [2.05, 4.69) is 0 Å². The SMILES string of the molecule is CON(C)C(=O)C1(C(C)(C)C)CCCN1C(=O)O.CON(C)C(=O)C1CCCN1C(=O)OC(C)(C)C. The number of likely N-dealkylation sites (tertiary alicyclic amines) is 2. The predicted octanol–water partition coefficient (Wildman–Crippen LogP) is 2.97. The van der Waals surface area contributed by atoms with Crippen LogP contribution < -0.4 is 0 Å². The second-order valence-electron chi connectivity index (χ2n) is 11.0. The third-order valence-corrected chi connectivity index (χ3v) is 6.52. The topological polar surface area (TPSA) is 129 Å². The van der Waals surface area contributed by atoms with Crippen LogP contribution in [0.1, 0.15) is 67.2 Å². The molecule has 2 heterocycles. The van der Waals surface area contributed by atoms with Crippen molar-refractivity contribution in [3.8, 4) is 0 Å². The van der Waals surface area contributed by atoms with E-state index in [1.807, 2.05) is 20.8 Å². The number of carboxylic acid groups (broad SMARTS) is 1. The van der Waals surface area contributed by atoms with E-state index in [1.165, 1.54) is 38.1 Å². The number of nitrogens with zero attached hydrogens (tertiary/aromatic N) is 4. The summed E-state index contributed by atoms with van der Waals surface area (Å²) in [6, 6.07) is -0.482. The van der Waals surface area contributed by atoms with Crippen molar-refractivity contribution < 1.29 is 38.7 Å². The Labute approximate surface area is 214 Å². The molecule has 1 N–H and O–H groups in total. The second kappa shape index (κ2) is 12.1. The summed E-state index contributed by atoms with van der Waals surface area (Å²) < 4.78 is 5.29. The minimum absolute atomic E-state index is 0.221. The number of ether oxygens (including phenoxy) is 1. The van der Waals surface area contributed by atoms with Crippen LogP contribution in [0.15, 0.2) is 0 Å². The van der Waals surface area contributed by atoms with Gasteiger partial charge in [-0.15, -0.1) is 0 Å². The molecule has 4 amide bonds. The number of carbonyl (C=O) groups excluding carboxylic acids is 3. The molecule has 2 rings (SSSR count). The highest BCUT2D eigenvalue weighted by atomic mass is 16.7. The van der Waals surface area contributed by atoms with E-state index < -0.39 is 34.8 Å². The first-order valence-corrected chi connectivity index (χ1v) is 12.1. The smallest absolute Gasteiger partial charge is 0.410 e. The largest absolute Gasteiger partial charge is 0.465 e. The lowest BCUT2D eigenvalue weighted by molar-refractivity contribution is -0.186. The minimum Gasteiger partial charge on any atom is -0.465 e. The number of likely N-dealkylation sites (N-methyl/N-ethyl adjacent to an activating group) is 2. The van der Waals surface area contributed by atoms with E-state index in [1.54, 1.807) is 20.8 Å². The Morgan fingerprint density at radius 1 is 0.917 bits per heavy atom. The highest BCUT2D eigenvalue weighted by molar-refractivity contribution is 5.90. The molecule has 2 fully saturated rings. The van der Waals surface area contributed by atoms with E-state index in [0.29, 0.717) is 32.4 Å². The van der Waals surface area contributed by atoms with E-state index in [0.717, 1.165) is 16.5 Å². The van der Waals surface area contributed by atoms with Crippen LogP contribution in [0, 0.1) is 5.41 Å². The highest BCUT2D eigenvalue weighted by Gasteiger charge is 2.58. The molecule has 0 bridgehead atoms. The van der Waals surface area contributed by atoms with Crippen molar-refractivity contribution in [2.24, 2.45) is 5.41 Å². The fourth-order valence-electron chi connectivity index (χ4n) is 4.61. The molecule has 12 heteroatoms. The number of hydrogen-bond donors (Lipinski definition) is 1. The van der Waals surface area contributed by atoms with Gasteiger partial charge in [-0.3, -0.25) is 29.1 Å². The molecule has 2 aliphatic rings.